The quantitative estimate of drug-likeness (QED) is 0.238. The Morgan fingerprint density at radius 3 is 2.56 bits per heavy atom. The van der Waals surface area contributed by atoms with Crippen LogP contribution in [0.1, 0.15) is 20.8 Å². The number of aromatic amines is 1. The molecule has 0 saturated carbocycles. The standard InChI is InChI=1S/C24H19N5O5S2/c1-14-18(12-25)22(36-20(14)21(31)26-15-6-4-3-5-7-15)27-19(30)13-35-23-24(32)34-28-29(23)16-8-10-17(33-2)11-9-16/h3-11H,13H2,1-2H3,(H2-,26,27,28,30,31,32)/p+1. The second kappa shape index (κ2) is 10.9. The van der Waals surface area contributed by atoms with Gasteiger partial charge in [-0.05, 0) is 58.5 Å². The van der Waals surface area contributed by atoms with E-state index in [-0.39, 0.29) is 27.3 Å². The number of carbonyl (C=O) groups excluding carboxylic acids is 2. The molecule has 4 rings (SSSR count). The van der Waals surface area contributed by atoms with Crippen molar-refractivity contribution in [1.82, 2.24) is 5.27 Å². The molecule has 0 aliphatic heterocycles. The zero-order valence-corrected chi connectivity index (χ0v) is 20.8. The van der Waals surface area contributed by atoms with Gasteiger partial charge in [0, 0.05) is 17.8 Å². The number of thioether (sulfide) groups is 1. The summed E-state index contributed by atoms with van der Waals surface area (Å²) in [5, 5.41) is 18.0. The number of nitriles is 1. The van der Waals surface area contributed by atoms with E-state index >= 15 is 0 Å². The Morgan fingerprint density at radius 2 is 1.89 bits per heavy atom. The average molecular weight is 523 g/mol. The number of nitrogens with one attached hydrogen (secondary N) is 3. The molecule has 0 atom stereocenters. The summed E-state index contributed by atoms with van der Waals surface area (Å²) in [5.74, 6) is -0.308. The Balaban J connectivity index is 1.47. The minimum Gasteiger partial charge on any atom is -0.497 e. The summed E-state index contributed by atoms with van der Waals surface area (Å²) < 4.78 is 11.5. The summed E-state index contributed by atoms with van der Waals surface area (Å²) in [5.41, 5.74) is 1.28. The fraction of sp³-hybridized carbons (Fsp3) is 0.125. The SMILES string of the molecule is COc1ccc(-[n+]2[nH]oc(=O)c2SCC(=O)Nc2sc(C(=O)Nc3ccccc3)c(C)c2C#N)cc1. The highest BCUT2D eigenvalue weighted by Crippen LogP contribution is 2.33. The van der Waals surface area contributed by atoms with Crippen LogP contribution >= 0.6 is 23.1 Å². The number of H-pyrrole nitrogens is 1. The third-order valence-corrected chi connectivity index (χ3v) is 7.26. The highest BCUT2D eigenvalue weighted by atomic mass is 32.2. The molecule has 12 heteroatoms. The summed E-state index contributed by atoms with van der Waals surface area (Å²) >= 11 is 1.99. The fourth-order valence-electron chi connectivity index (χ4n) is 3.25. The van der Waals surface area contributed by atoms with Gasteiger partial charge in [-0.1, -0.05) is 18.2 Å². The van der Waals surface area contributed by atoms with Crippen LogP contribution in [0.15, 0.2) is 68.9 Å². The highest BCUT2D eigenvalue weighted by Gasteiger charge is 2.26. The molecule has 182 valence electrons. The van der Waals surface area contributed by atoms with E-state index in [1.54, 1.807) is 62.6 Å². The number of para-hydroxylation sites is 1. The maximum absolute atomic E-state index is 12.7. The predicted molar refractivity (Wildman–Crippen MR) is 135 cm³/mol. The molecule has 10 nitrogen and oxygen atoms in total. The number of hydrogen-bond donors (Lipinski definition) is 3. The Kier molecular flexibility index (Phi) is 7.53. The lowest BCUT2D eigenvalue weighted by atomic mass is 10.1. The number of amides is 2. The normalized spacial score (nSPS) is 10.5. The van der Waals surface area contributed by atoms with Gasteiger partial charge in [-0.3, -0.25) is 14.1 Å². The molecule has 4 aromatic rings. The van der Waals surface area contributed by atoms with Gasteiger partial charge >= 0.3 is 10.7 Å². The summed E-state index contributed by atoms with van der Waals surface area (Å²) in [6.45, 7) is 1.65. The van der Waals surface area contributed by atoms with Crippen molar-refractivity contribution in [1.29, 1.82) is 5.26 Å². The maximum atomic E-state index is 12.7. The van der Waals surface area contributed by atoms with Gasteiger partial charge in [0.05, 0.1) is 23.3 Å². The van der Waals surface area contributed by atoms with Crippen LogP contribution in [0.25, 0.3) is 5.69 Å². The Morgan fingerprint density at radius 1 is 1.17 bits per heavy atom. The molecule has 0 aliphatic carbocycles. The van der Waals surface area contributed by atoms with Gasteiger partial charge in [0.15, 0.2) is 0 Å². The number of ether oxygens (including phenoxy) is 1. The number of thiophene rings is 1. The topological polar surface area (TPSA) is 141 Å². The minimum atomic E-state index is -0.631. The van der Waals surface area contributed by atoms with Gasteiger partial charge in [0.1, 0.15) is 16.8 Å². The summed E-state index contributed by atoms with van der Waals surface area (Å²) in [7, 11) is 1.55. The first-order valence-corrected chi connectivity index (χ1v) is 12.3. The Labute approximate surface area is 213 Å². The lowest BCUT2D eigenvalue weighted by Gasteiger charge is -2.03. The van der Waals surface area contributed by atoms with Crippen molar-refractivity contribution in [2.75, 3.05) is 23.5 Å². The lowest BCUT2D eigenvalue weighted by Crippen LogP contribution is -2.36. The minimum absolute atomic E-state index is 0.133. The third kappa shape index (κ3) is 5.32. The van der Waals surface area contributed by atoms with Gasteiger partial charge in [0.2, 0.25) is 11.6 Å². The lowest BCUT2D eigenvalue weighted by molar-refractivity contribution is -0.704. The van der Waals surface area contributed by atoms with Gasteiger partial charge in [-0.25, -0.2) is 4.79 Å². The maximum Gasteiger partial charge on any atom is 0.442 e. The van der Waals surface area contributed by atoms with Gasteiger partial charge in [-0.2, -0.15) is 5.26 Å². The fourth-order valence-corrected chi connectivity index (χ4v) is 5.09. The van der Waals surface area contributed by atoms with Crippen molar-refractivity contribution in [2.24, 2.45) is 0 Å². The molecule has 0 saturated heterocycles. The van der Waals surface area contributed by atoms with E-state index in [1.165, 1.54) is 4.68 Å². The molecule has 2 heterocycles. The smallest absolute Gasteiger partial charge is 0.442 e. The molecule has 3 N–H and O–H groups in total. The van der Waals surface area contributed by atoms with Crippen LogP contribution in [0, 0.1) is 18.3 Å². The molecule has 36 heavy (non-hydrogen) atoms. The molecule has 0 aliphatic rings. The molecule has 0 radical (unpaired) electrons. The van der Waals surface area contributed by atoms with E-state index in [9.17, 15) is 19.6 Å². The number of benzene rings is 2. The van der Waals surface area contributed by atoms with Gasteiger partial charge in [0.25, 0.3) is 5.91 Å². The molecule has 2 aromatic carbocycles. The number of anilines is 2. The molecule has 0 fully saturated rings. The van der Waals surface area contributed by atoms with Crippen molar-refractivity contribution in [3.05, 3.63) is 81.0 Å². The molecule has 0 unspecified atom stereocenters. The summed E-state index contributed by atoms with van der Waals surface area (Å²) in [4.78, 5) is 38.0. The van der Waals surface area contributed by atoms with E-state index in [0.717, 1.165) is 23.1 Å². The zero-order chi connectivity index (χ0) is 25.7. The third-order valence-electron chi connectivity index (χ3n) is 5.03. The van der Waals surface area contributed by atoms with Crippen LogP contribution in [-0.2, 0) is 4.79 Å². The van der Waals surface area contributed by atoms with Gasteiger partial charge < -0.3 is 15.4 Å². The van der Waals surface area contributed by atoms with Crippen molar-refractivity contribution < 1.29 is 23.5 Å². The molecule has 0 bridgehead atoms. The van der Waals surface area contributed by atoms with E-state index in [1.807, 2.05) is 6.07 Å². The summed E-state index contributed by atoms with van der Waals surface area (Å²) in [6.07, 6.45) is 0. The van der Waals surface area contributed by atoms with Crippen LogP contribution in [0.2, 0.25) is 0 Å². The monoisotopic (exact) mass is 522 g/mol. The van der Waals surface area contributed by atoms with E-state index in [0.29, 0.717) is 27.6 Å². The number of nitrogens with zero attached hydrogens (tertiary/aromatic N) is 2. The van der Waals surface area contributed by atoms with Crippen LogP contribution in [0.5, 0.6) is 5.75 Å². The molecule has 0 spiro atoms. The highest BCUT2D eigenvalue weighted by molar-refractivity contribution is 7.99. The first-order chi connectivity index (χ1) is 17.4. The summed E-state index contributed by atoms with van der Waals surface area (Å²) in [6, 6.07) is 17.9. The second-order valence-electron chi connectivity index (χ2n) is 7.35. The van der Waals surface area contributed by atoms with Crippen LogP contribution in [-0.4, -0.2) is 29.9 Å². The van der Waals surface area contributed by atoms with E-state index in [2.05, 4.69) is 22.0 Å². The number of carbonyl (C=O) groups is 2. The molecular formula is C24H20N5O5S2+. The largest absolute Gasteiger partial charge is 0.497 e. The second-order valence-corrected chi connectivity index (χ2v) is 9.33. The first kappa shape index (κ1) is 24.8. The van der Waals surface area contributed by atoms with Crippen molar-refractivity contribution in [2.45, 2.75) is 11.9 Å². The van der Waals surface area contributed by atoms with Crippen LogP contribution < -0.4 is 25.7 Å². The Bertz CT molecular complexity index is 1500. The first-order valence-electron chi connectivity index (χ1n) is 10.5. The average Bonchev–Trinajstić information content (AvgIpc) is 3.41. The van der Waals surface area contributed by atoms with E-state index in [4.69, 9.17) is 9.26 Å². The van der Waals surface area contributed by atoms with Crippen LogP contribution in [0.4, 0.5) is 10.7 Å². The number of rotatable bonds is 8. The van der Waals surface area contributed by atoms with Crippen LogP contribution in [0.3, 0.4) is 0 Å². The van der Waals surface area contributed by atoms with E-state index < -0.39 is 11.5 Å². The van der Waals surface area contributed by atoms with Crippen molar-refractivity contribution in [3.63, 3.8) is 0 Å². The molecular weight excluding hydrogens is 502 g/mol. The molecule has 2 amide bonds. The van der Waals surface area contributed by atoms with Gasteiger partial charge in [-0.15, -0.1) is 11.3 Å². The molecule has 2 aromatic heterocycles. The van der Waals surface area contributed by atoms with Crippen molar-refractivity contribution >= 4 is 45.6 Å². The number of methoxy groups -OCH3 is 1. The van der Waals surface area contributed by atoms with Crippen molar-refractivity contribution in [3.8, 4) is 17.5 Å². The predicted octanol–water partition coefficient (Wildman–Crippen LogP) is 3.48. The number of hydrogen-bond acceptors (Lipinski definition) is 8. The zero-order valence-electron chi connectivity index (χ0n) is 19.2. The Hall–Kier alpha value is -4.34. The number of aromatic nitrogens is 2.